The molecule has 7 atom stereocenters. The molecule has 0 amide bonds. The minimum atomic E-state index is -5.48. The van der Waals surface area contributed by atoms with Crippen LogP contribution >= 0.6 is 0 Å². The first-order valence-electron chi connectivity index (χ1n) is 15.8. The van der Waals surface area contributed by atoms with Crippen LogP contribution in [0.15, 0.2) is 0 Å². The Hall–Kier alpha value is -1.74. The summed E-state index contributed by atoms with van der Waals surface area (Å²) in [6.45, 7) is 12.0. The maximum atomic E-state index is 14.4. The van der Waals surface area contributed by atoms with Crippen LogP contribution in [0.2, 0.25) is 0 Å². The molecule has 2 N–H and O–H groups in total. The molecular formula is C32H52F8O7. The van der Waals surface area contributed by atoms with Crippen molar-refractivity contribution in [3.8, 4) is 0 Å². The molecule has 7 unspecified atom stereocenters. The summed E-state index contributed by atoms with van der Waals surface area (Å²) in [7, 11) is 1.42. The Morgan fingerprint density at radius 3 is 1.70 bits per heavy atom. The number of fused-ring (bicyclic) bond motifs is 2. The van der Waals surface area contributed by atoms with E-state index in [1.165, 1.54) is 27.4 Å². The zero-order valence-electron chi connectivity index (χ0n) is 28.9. The molecule has 2 aliphatic carbocycles. The van der Waals surface area contributed by atoms with Gasteiger partial charge in [0, 0.05) is 6.42 Å². The van der Waals surface area contributed by atoms with Crippen LogP contribution < -0.4 is 0 Å². The van der Waals surface area contributed by atoms with Crippen molar-refractivity contribution in [1.29, 1.82) is 0 Å². The predicted molar refractivity (Wildman–Crippen MR) is 156 cm³/mol. The maximum Gasteiger partial charge on any atom is 0.423 e. The lowest BCUT2D eigenvalue weighted by molar-refractivity contribution is -0.436. The smallest absolute Gasteiger partial charge is 0.423 e. The third kappa shape index (κ3) is 10.1. The van der Waals surface area contributed by atoms with Crippen LogP contribution in [0, 0.1) is 28.6 Å². The minimum Gasteiger partial charge on any atom is -0.469 e. The fraction of sp³-hybridized carbons (Fsp3) is 0.938. The van der Waals surface area contributed by atoms with Gasteiger partial charge in [0.15, 0.2) is 17.5 Å². The van der Waals surface area contributed by atoms with Gasteiger partial charge < -0.3 is 24.4 Å². The number of carbonyl (C=O) groups excluding carboxylic acids is 2. The summed E-state index contributed by atoms with van der Waals surface area (Å²) in [5.41, 5.74) is -7.94. The number of aliphatic hydroxyl groups is 2. The zero-order chi connectivity index (χ0) is 37.2. The molecule has 1 heterocycles. The first-order valence-corrected chi connectivity index (χ1v) is 15.8. The second-order valence-electron chi connectivity index (χ2n) is 14.9. The molecule has 3 rings (SSSR count). The van der Waals surface area contributed by atoms with E-state index < -0.39 is 59.2 Å². The average molecular weight is 701 g/mol. The van der Waals surface area contributed by atoms with E-state index in [1.54, 1.807) is 6.92 Å². The van der Waals surface area contributed by atoms with Crippen molar-refractivity contribution >= 4 is 11.9 Å². The van der Waals surface area contributed by atoms with Gasteiger partial charge in [-0.1, -0.05) is 20.3 Å². The lowest BCUT2D eigenvalue weighted by atomic mass is 9.81. The molecule has 15 heteroatoms. The van der Waals surface area contributed by atoms with Crippen LogP contribution in [0.1, 0.15) is 114 Å². The van der Waals surface area contributed by atoms with Gasteiger partial charge in [-0.15, -0.1) is 0 Å². The summed E-state index contributed by atoms with van der Waals surface area (Å²) < 4.78 is 119. The number of esters is 2. The largest absolute Gasteiger partial charge is 0.469 e. The standard InChI is InChI=1S/C14H21F5O4.C11H17F3O.C7H14O2/c1-6-10(2,3)9(20)22-8-7-11(4,21)23-12(5,13(8,15)16)14(17,18)19;1-10(15,11(12,13)14)6-9-5-7-2-3-8(9)4-7;1-5-7(2,3)6(8)9-4/h8,21H,6-7H2,1-5H3;7-9,15H,2-6H2,1H3;5H2,1-4H3. The summed E-state index contributed by atoms with van der Waals surface area (Å²) in [5.74, 6) is -7.13. The number of rotatable bonds is 7. The fourth-order valence-corrected chi connectivity index (χ4v) is 5.80. The molecule has 47 heavy (non-hydrogen) atoms. The van der Waals surface area contributed by atoms with Crippen LogP contribution in [-0.2, 0) is 23.8 Å². The number of ether oxygens (including phenoxy) is 3. The molecular weight excluding hydrogens is 648 g/mol. The number of alkyl halides is 8. The molecule has 7 nitrogen and oxygen atoms in total. The number of carbonyl (C=O) groups is 2. The van der Waals surface area contributed by atoms with Gasteiger partial charge in [0.1, 0.15) is 0 Å². The van der Waals surface area contributed by atoms with Crippen LogP contribution in [0.3, 0.4) is 0 Å². The topological polar surface area (TPSA) is 102 Å². The molecule has 3 fully saturated rings. The van der Waals surface area contributed by atoms with E-state index in [0.717, 1.165) is 39.5 Å². The van der Waals surface area contributed by atoms with Gasteiger partial charge in [-0.25, -0.2) is 0 Å². The average Bonchev–Trinajstić information content (AvgIpc) is 3.53. The first-order chi connectivity index (χ1) is 20.8. The summed E-state index contributed by atoms with van der Waals surface area (Å²) >= 11 is 0. The maximum absolute atomic E-state index is 14.4. The third-order valence-corrected chi connectivity index (χ3v) is 10.0. The van der Waals surface area contributed by atoms with Crippen LogP contribution in [0.25, 0.3) is 0 Å². The molecule has 2 saturated carbocycles. The van der Waals surface area contributed by atoms with Crippen molar-refractivity contribution in [2.45, 2.75) is 155 Å². The van der Waals surface area contributed by atoms with E-state index in [0.29, 0.717) is 11.8 Å². The van der Waals surface area contributed by atoms with Crippen molar-refractivity contribution < 1.29 is 69.1 Å². The Bertz CT molecular complexity index is 1070. The highest BCUT2D eigenvalue weighted by Gasteiger charge is 2.76. The van der Waals surface area contributed by atoms with Crippen LogP contribution in [0.4, 0.5) is 35.1 Å². The van der Waals surface area contributed by atoms with Gasteiger partial charge in [0.2, 0.25) is 5.60 Å². The van der Waals surface area contributed by atoms with E-state index in [4.69, 9.17) is 0 Å². The zero-order valence-corrected chi connectivity index (χ0v) is 28.9. The second-order valence-corrected chi connectivity index (χ2v) is 14.9. The van der Waals surface area contributed by atoms with Gasteiger partial charge in [0.25, 0.3) is 0 Å². The Labute approximate surface area is 272 Å². The summed E-state index contributed by atoms with van der Waals surface area (Å²) in [6, 6.07) is 0. The molecule has 0 aromatic rings. The van der Waals surface area contributed by atoms with Gasteiger partial charge in [0.05, 0.1) is 17.9 Å². The molecule has 1 saturated heterocycles. The Morgan fingerprint density at radius 1 is 0.872 bits per heavy atom. The van der Waals surface area contributed by atoms with E-state index >= 15 is 0 Å². The Morgan fingerprint density at radius 2 is 1.36 bits per heavy atom. The minimum absolute atomic E-state index is 0.0837. The summed E-state index contributed by atoms with van der Waals surface area (Å²) in [4.78, 5) is 22.8. The van der Waals surface area contributed by atoms with E-state index in [-0.39, 0.29) is 37.1 Å². The summed E-state index contributed by atoms with van der Waals surface area (Å²) in [6.07, 6.45) is -8.26. The lowest BCUT2D eigenvalue weighted by Gasteiger charge is -2.50. The predicted octanol–water partition coefficient (Wildman–Crippen LogP) is 8.14. The van der Waals surface area contributed by atoms with Crippen molar-refractivity contribution in [2.75, 3.05) is 7.11 Å². The number of hydrogen-bond donors (Lipinski definition) is 2. The highest BCUT2D eigenvalue weighted by atomic mass is 19.4. The van der Waals surface area contributed by atoms with E-state index in [1.807, 2.05) is 20.8 Å². The van der Waals surface area contributed by atoms with Crippen molar-refractivity contribution in [3.63, 3.8) is 0 Å². The SMILES string of the molecule is CC(O)(CC1CC2CCC1C2)C(F)(F)F.CCC(C)(C)C(=O)OC.CCC(C)(C)C(=O)OC1CC(C)(O)OC(C)(C(F)(F)F)C1(F)F. The Balaban J connectivity index is 0.000000392. The molecule has 0 radical (unpaired) electrons. The fourth-order valence-electron chi connectivity index (χ4n) is 5.80. The molecule has 0 aromatic heterocycles. The van der Waals surface area contributed by atoms with Gasteiger partial charge in [-0.05, 0) is 105 Å². The monoisotopic (exact) mass is 700 g/mol. The molecule has 2 bridgehead atoms. The molecule has 3 aliphatic rings. The number of halogens is 8. The highest BCUT2D eigenvalue weighted by molar-refractivity contribution is 5.76. The molecule has 278 valence electrons. The molecule has 0 spiro atoms. The summed E-state index contributed by atoms with van der Waals surface area (Å²) in [5, 5.41) is 19.2. The van der Waals surface area contributed by atoms with Crippen LogP contribution in [-0.4, -0.2) is 70.6 Å². The van der Waals surface area contributed by atoms with Crippen molar-refractivity contribution in [2.24, 2.45) is 28.6 Å². The quantitative estimate of drug-likeness (QED) is 0.204. The van der Waals surface area contributed by atoms with Crippen LogP contribution in [0.5, 0.6) is 0 Å². The Kier molecular flexibility index (Phi) is 13.5. The normalized spacial score (nSPS) is 31.8. The van der Waals surface area contributed by atoms with Gasteiger partial charge >= 0.3 is 30.2 Å². The van der Waals surface area contributed by atoms with Gasteiger partial charge in [-0.3, -0.25) is 9.59 Å². The highest BCUT2D eigenvalue weighted by Crippen LogP contribution is 2.54. The second kappa shape index (κ2) is 14.6. The lowest BCUT2D eigenvalue weighted by Crippen LogP contribution is -2.71. The number of methoxy groups -OCH3 is 1. The number of hydrogen-bond acceptors (Lipinski definition) is 7. The van der Waals surface area contributed by atoms with Gasteiger partial charge in [-0.2, -0.15) is 35.1 Å². The molecule has 0 aromatic carbocycles. The van der Waals surface area contributed by atoms with E-state index in [2.05, 4.69) is 14.2 Å². The molecule has 1 aliphatic heterocycles. The van der Waals surface area contributed by atoms with Crippen molar-refractivity contribution in [3.05, 3.63) is 0 Å². The van der Waals surface area contributed by atoms with E-state index in [9.17, 15) is 54.9 Å². The van der Waals surface area contributed by atoms with Crippen molar-refractivity contribution in [1.82, 2.24) is 0 Å². The third-order valence-electron chi connectivity index (χ3n) is 10.0. The first kappa shape index (κ1) is 43.3.